The number of hydrogen-bond acceptors (Lipinski definition) is 0. The average molecular weight is 1390 g/mol. The second-order valence-electron chi connectivity index (χ2n) is 28.3. The molecule has 5 nitrogen and oxygen atoms in total. The van der Waals surface area contributed by atoms with Crippen molar-refractivity contribution >= 4 is 54.5 Å². The van der Waals surface area contributed by atoms with E-state index in [9.17, 15) is 22.0 Å². The molecule has 10 aromatic carbocycles. The Morgan fingerprint density at radius 3 is 0.808 bits per heavy atom. The molecule has 15 rings (SSSR count). The van der Waals surface area contributed by atoms with Crippen LogP contribution >= 0.6 is 0 Å². The van der Waals surface area contributed by atoms with Crippen LogP contribution < -0.4 is 22.8 Å². The second kappa shape index (κ2) is 30.8. The summed E-state index contributed by atoms with van der Waals surface area (Å²) in [5.74, 6) is -0.830. The number of hydrogen-bond donors (Lipinski definition) is 0. The van der Waals surface area contributed by atoms with Gasteiger partial charge in [-0.05, 0) is 219 Å². The maximum absolute atomic E-state index is 14.6. The van der Waals surface area contributed by atoms with Crippen molar-refractivity contribution < 1.29 is 44.8 Å². The molecule has 0 spiro atoms. The summed E-state index contributed by atoms with van der Waals surface area (Å²) in [4.78, 5) is 0. The largest absolute Gasteiger partial charge is 0.216 e. The molecule has 0 bridgehead atoms. The lowest BCUT2D eigenvalue weighted by Crippen LogP contribution is -2.32. The van der Waals surface area contributed by atoms with E-state index in [1.54, 1.807) is 30.3 Å². The molecule has 0 atom stereocenters. The Labute approximate surface area is 609 Å². The summed E-state index contributed by atoms with van der Waals surface area (Å²) in [6, 6.07) is 70.6. The molecule has 0 N–H and O–H groups in total. The van der Waals surface area contributed by atoms with E-state index in [0.717, 1.165) is 134 Å². The van der Waals surface area contributed by atoms with Gasteiger partial charge in [-0.2, -0.15) is 22.8 Å². The molecule has 0 amide bonds. The predicted molar refractivity (Wildman–Crippen MR) is 419 cm³/mol. The molecule has 0 fully saturated rings. The summed E-state index contributed by atoms with van der Waals surface area (Å²) in [6.45, 7) is 28.6. The second-order valence-corrected chi connectivity index (χ2v) is 28.3. The van der Waals surface area contributed by atoms with E-state index in [1.165, 1.54) is 27.8 Å². The van der Waals surface area contributed by atoms with Crippen LogP contribution in [0.5, 0.6) is 0 Å². The van der Waals surface area contributed by atoms with Crippen molar-refractivity contribution in [3.05, 3.63) is 325 Å². The number of nitrogens with zero attached hydrogens (tertiary/aromatic N) is 5. The van der Waals surface area contributed by atoms with Crippen LogP contribution in [-0.2, 0) is 35.2 Å². The first-order valence-electron chi connectivity index (χ1n) is 35.3. The van der Waals surface area contributed by atoms with Crippen LogP contribution in [0, 0.1) is 126 Å². The third-order valence-electron chi connectivity index (χ3n) is 20.2. The Bertz CT molecular complexity index is 5870. The molecule has 0 aliphatic rings. The Hall–Kier alpha value is -11.1. The van der Waals surface area contributed by atoms with E-state index in [0.29, 0.717) is 26.9 Å². The normalized spacial score (nSPS) is 11.1. The van der Waals surface area contributed by atoms with Crippen molar-refractivity contribution in [2.75, 3.05) is 0 Å². The Balaban J connectivity index is 0.000000130. The van der Waals surface area contributed by atoms with Crippen molar-refractivity contribution in [2.45, 2.75) is 96.9 Å². The van der Waals surface area contributed by atoms with Gasteiger partial charge < -0.3 is 0 Å². The molecule has 104 heavy (non-hydrogen) atoms. The maximum atomic E-state index is 14.6. The van der Waals surface area contributed by atoms with Gasteiger partial charge in [0.15, 0.2) is 0 Å². The fourth-order valence-electron chi connectivity index (χ4n) is 14.1. The van der Waals surface area contributed by atoms with Gasteiger partial charge >= 0.3 is 0 Å². The standard InChI is InChI=1S/C20H21FN.2C19H19FN.2C18H17FN/c1-12-6-7-19-17(9-12)18(21)11-20(22(19)5)16-10-13(2)8-14(3)15(16)4;1-12-5-7-14(3)15(9-12)19-11-17(20)16-10-13(2)6-8-18(16)21(19)4;1-12-5-7-14(3)16(9-12)19-11-17(20)15-8-6-13(2)10-18(15)21(19)4;1-12-8-9-17-15(10-12)16(19)11-18(20(17)3)14-7-5-4-6-13(14)2;1-12-8-9-15-16(19)11-18(20(3)17(15)10-12)14-7-5-4-6-13(14)2/h6-11H,1-5H3;2*5-11H,1-4H3;2*4-11H,1-3H3/q5*+1. The van der Waals surface area contributed by atoms with E-state index in [4.69, 9.17) is 0 Å². The van der Waals surface area contributed by atoms with Crippen molar-refractivity contribution in [3.63, 3.8) is 0 Å². The van der Waals surface area contributed by atoms with Crippen molar-refractivity contribution in [1.29, 1.82) is 0 Å². The van der Waals surface area contributed by atoms with E-state index < -0.39 is 0 Å². The predicted octanol–water partition coefficient (Wildman–Crippen LogP) is 21.7. The number of aromatic nitrogens is 5. The lowest BCUT2D eigenvalue weighted by atomic mass is 9.96. The van der Waals surface area contributed by atoms with Gasteiger partial charge in [0.2, 0.25) is 56.1 Å². The number of benzene rings is 10. The minimum Gasteiger partial charge on any atom is -0.206 e. The number of halogens is 5. The smallest absolute Gasteiger partial charge is 0.206 e. The topological polar surface area (TPSA) is 19.4 Å². The minimum atomic E-state index is -0.170. The Kier molecular flexibility index (Phi) is 22.0. The van der Waals surface area contributed by atoms with E-state index in [1.807, 2.05) is 223 Å². The molecule has 5 aromatic heterocycles. The first-order valence-corrected chi connectivity index (χ1v) is 35.3. The van der Waals surface area contributed by atoms with Gasteiger partial charge in [-0.1, -0.05) is 114 Å². The highest BCUT2D eigenvalue weighted by molar-refractivity contribution is 5.84. The van der Waals surface area contributed by atoms with Crippen molar-refractivity contribution in [3.8, 4) is 56.3 Å². The minimum absolute atomic E-state index is 0.162. The molecule has 0 saturated heterocycles. The van der Waals surface area contributed by atoms with Crippen LogP contribution in [0.2, 0.25) is 0 Å². The average Bonchev–Trinajstić information content (AvgIpc) is 0.789. The first-order chi connectivity index (χ1) is 49.5. The molecule has 15 aromatic rings. The summed E-state index contributed by atoms with van der Waals surface area (Å²) in [5.41, 5.74) is 30.6. The molecule has 524 valence electrons. The molecule has 0 aliphatic carbocycles. The van der Waals surface area contributed by atoms with Gasteiger partial charge in [0.1, 0.15) is 64.3 Å². The molecule has 0 radical (unpaired) electrons. The van der Waals surface area contributed by atoms with E-state index in [-0.39, 0.29) is 29.1 Å². The van der Waals surface area contributed by atoms with Gasteiger partial charge in [-0.25, -0.2) is 22.0 Å². The highest BCUT2D eigenvalue weighted by Gasteiger charge is 2.26. The highest BCUT2D eigenvalue weighted by atomic mass is 19.1. The fourth-order valence-corrected chi connectivity index (χ4v) is 14.1. The summed E-state index contributed by atoms with van der Waals surface area (Å²) in [6.07, 6.45) is 0. The zero-order valence-corrected chi connectivity index (χ0v) is 63.4. The van der Waals surface area contributed by atoms with Crippen LogP contribution in [0.1, 0.15) is 77.9 Å². The van der Waals surface area contributed by atoms with Gasteiger partial charge in [-0.15, -0.1) is 0 Å². The van der Waals surface area contributed by atoms with Crippen molar-refractivity contribution in [1.82, 2.24) is 0 Å². The van der Waals surface area contributed by atoms with Crippen LogP contribution in [-0.4, -0.2) is 0 Å². The molecule has 0 saturated carbocycles. The van der Waals surface area contributed by atoms with Gasteiger partial charge in [0.05, 0.1) is 26.9 Å². The molecule has 0 aliphatic heterocycles. The summed E-state index contributed by atoms with van der Waals surface area (Å²) in [7, 11) is 9.97. The highest BCUT2D eigenvalue weighted by Crippen LogP contribution is 2.33. The number of rotatable bonds is 5. The van der Waals surface area contributed by atoms with Crippen LogP contribution in [0.15, 0.2) is 218 Å². The lowest BCUT2D eigenvalue weighted by Gasteiger charge is -2.11. The Morgan fingerprint density at radius 1 is 0.192 bits per heavy atom. The maximum Gasteiger partial charge on any atom is 0.216 e. The third kappa shape index (κ3) is 15.5. The zero-order valence-electron chi connectivity index (χ0n) is 63.4. The van der Waals surface area contributed by atoms with E-state index >= 15 is 0 Å². The van der Waals surface area contributed by atoms with Crippen LogP contribution in [0.25, 0.3) is 111 Å². The summed E-state index contributed by atoms with van der Waals surface area (Å²) >= 11 is 0. The van der Waals surface area contributed by atoms with Crippen LogP contribution in [0.4, 0.5) is 22.0 Å². The van der Waals surface area contributed by atoms with Gasteiger partial charge in [0, 0.05) is 88.5 Å². The molecule has 5 heterocycles. The number of fused-ring (bicyclic) bond motifs is 5. The number of pyridine rings is 5. The molecular formula is C94H93F5N5+5. The zero-order chi connectivity index (χ0) is 74.9. The summed E-state index contributed by atoms with van der Waals surface area (Å²) < 4.78 is 82.7. The molecule has 0 unspecified atom stereocenters. The van der Waals surface area contributed by atoms with E-state index in [2.05, 4.69) is 120 Å². The molecular weight excluding hydrogens is 1290 g/mol. The summed E-state index contributed by atoms with van der Waals surface area (Å²) in [5, 5.41) is 3.34. The number of aryl methyl sites for hydroxylation is 18. The lowest BCUT2D eigenvalue weighted by molar-refractivity contribution is -0.633. The fraction of sp³-hybridized carbons (Fsp3) is 0.202. The quantitative estimate of drug-likeness (QED) is 0.121. The third-order valence-corrected chi connectivity index (χ3v) is 20.2. The van der Waals surface area contributed by atoms with Crippen molar-refractivity contribution in [2.24, 2.45) is 35.2 Å². The van der Waals surface area contributed by atoms with Crippen LogP contribution in [0.3, 0.4) is 0 Å². The van der Waals surface area contributed by atoms with Gasteiger partial charge in [-0.3, -0.25) is 0 Å². The first kappa shape index (κ1) is 74.1. The van der Waals surface area contributed by atoms with Gasteiger partial charge in [0.25, 0.3) is 0 Å². The SMILES string of the molecule is Cc1cc(C)c(C)c(-c2cc(F)c3cc(C)ccc3[n+]2C)c1.Cc1ccc(C)c(-c2cc(F)c3cc(C)ccc3[n+]2C)c1.Cc1ccc(C)c(-c2cc(F)c3ccc(C)cc3[n+]2C)c1.Cc1ccc2c(F)cc(-c3ccccc3C)[n+](C)c2c1.Cc1ccc2c(c1)c(F)cc(-c1ccccc1C)[n+]2C. The monoisotopic (exact) mass is 1390 g/mol. The Morgan fingerprint density at radius 2 is 0.452 bits per heavy atom. The molecule has 10 heteroatoms.